The molecule has 0 aliphatic carbocycles. The quantitative estimate of drug-likeness (QED) is 0.523. The molecule has 0 aliphatic rings. The van der Waals surface area contributed by atoms with Crippen molar-refractivity contribution in [1.82, 2.24) is 4.90 Å². The van der Waals surface area contributed by atoms with Crippen molar-refractivity contribution in [2.45, 2.75) is 6.42 Å². The Labute approximate surface area is 170 Å². The molecule has 150 valence electrons. The van der Waals surface area contributed by atoms with Gasteiger partial charge in [-0.2, -0.15) is 0 Å². The Morgan fingerprint density at radius 3 is 2.34 bits per heavy atom. The molecular weight excluding hydrogens is 369 g/mol. The molecule has 0 amide bonds. The summed E-state index contributed by atoms with van der Waals surface area (Å²) in [5.41, 5.74) is 4.01. The molecule has 0 unspecified atom stereocenters. The summed E-state index contributed by atoms with van der Waals surface area (Å²) < 4.78 is 19.3. The number of carboxylic acids is 1. The van der Waals surface area contributed by atoms with Crippen LogP contribution in [0.15, 0.2) is 72.8 Å². The van der Waals surface area contributed by atoms with Crippen LogP contribution >= 0.6 is 0 Å². The Kier molecular flexibility index (Phi) is 6.98. The van der Waals surface area contributed by atoms with Crippen molar-refractivity contribution in [3.05, 3.63) is 78.6 Å². The molecule has 0 aromatic heterocycles. The highest BCUT2D eigenvalue weighted by Crippen LogP contribution is 2.35. The Bertz CT molecular complexity index is 942. The average molecular weight is 393 g/mol. The third kappa shape index (κ3) is 5.90. The molecule has 3 aromatic carbocycles. The second-order valence-electron chi connectivity index (χ2n) is 6.91. The van der Waals surface area contributed by atoms with Gasteiger partial charge >= 0.3 is 5.97 Å². The number of nitrogens with zero attached hydrogens (tertiary/aromatic N) is 1. The summed E-state index contributed by atoms with van der Waals surface area (Å²) in [5, 5.41) is 8.80. The average Bonchev–Trinajstić information content (AvgIpc) is 2.72. The molecule has 0 bridgehead atoms. The lowest BCUT2D eigenvalue weighted by molar-refractivity contribution is -0.138. The van der Waals surface area contributed by atoms with Crippen molar-refractivity contribution in [3.63, 3.8) is 0 Å². The number of benzene rings is 3. The van der Waals surface area contributed by atoms with Crippen LogP contribution in [0.2, 0.25) is 0 Å². The lowest BCUT2D eigenvalue weighted by Gasteiger charge is -2.15. The van der Waals surface area contributed by atoms with Gasteiger partial charge in [-0.3, -0.25) is 9.69 Å². The Balaban J connectivity index is 1.77. The number of aliphatic carboxylic acids is 1. The largest absolute Gasteiger partial charge is 0.494 e. The van der Waals surface area contributed by atoms with Crippen LogP contribution in [0, 0.1) is 5.82 Å². The number of rotatable bonds is 9. The van der Waals surface area contributed by atoms with Crippen LogP contribution < -0.4 is 4.74 Å². The Morgan fingerprint density at radius 2 is 1.66 bits per heavy atom. The summed E-state index contributed by atoms with van der Waals surface area (Å²) in [7, 11) is 1.77. The summed E-state index contributed by atoms with van der Waals surface area (Å²) >= 11 is 0. The smallest absolute Gasteiger partial charge is 0.317 e. The number of likely N-dealkylation sites (N-methyl/N-ethyl adjacent to an activating group) is 1. The predicted molar refractivity (Wildman–Crippen MR) is 113 cm³/mol. The van der Waals surface area contributed by atoms with Crippen LogP contribution in [0.25, 0.3) is 22.3 Å². The maximum Gasteiger partial charge on any atom is 0.317 e. The summed E-state index contributed by atoms with van der Waals surface area (Å²) in [6, 6.07) is 22.4. The van der Waals surface area contributed by atoms with E-state index in [9.17, 15) is 9.18 Å². The molecule has 0 spiro atoms. The molecule has 0 heterocycles. The molecule has 1 N–H and O–H groups in total. The van der Waals surface area contributed by atoms with Gasteiger partial charge in [0.15, 0.2) is 0 Å². The van der Waals surface area contributed by atoms with E-state index in [2.05, 4.69) is 0 Å². The van der Waals surface area contributed by atoms with Gasteiger partial charge in [0.25, 0.3) is 0 Å². The molecule has 4 nitrogen and oxygen atoms in total. The molecule has 3 rings (SSSR count). The fraction of sp³-hybridized carbons (Fsp3) is 0.208. The standard InChI is InChI=1S/C24H24FNO3/c1-26(17-24(27)28)14-5-15-29-21-12-13-22(18-6-3-2-4-7-18)23(16-21)19-8-10-20(25)11-9-19/h2-4,6-13,16H,5,14-15,17H2,1H3,(H,27,28). The third-order valence-electron chi connectivity index (χ3n) is 4.59. The van der Waals surface area contributed by atoms with E-state index < -0.39 is 5.97 Å². The maximum absolute atomic E-state index is 13.4. The Hall–Kier alpha value is -3.18. The van der Waals surface area contributed by atoms with Crippen LogP contribution in [0.1, 0.15) is 6.42 Å². The highest BCUT2D eigenvalue weighted by molar-refractivity contribution is 5.84. The summed E-state index contributed by atoms with van der Waals surface area (Å²) in [6.45, 7) is 1.14. The fourth-order valence-electron chi connectivity index (χ4n) is 3.19. The van der Waals surface area contributed by atoms with Gasteiger partial charge in [-0.15, -0.1) is 0 Å². The molecule has 0 saturated carbocycles. The first-order chi connectivity index (χ1) is 14.0. The van der Waals surface area contributed by atoms with E-state index in [4.69, 9.17) is 9.84 Å². The first-order valence-corrected chi connectivity index (χ1v) is 9.51. The third-order valence-corrected chi connectivity index (χ3v) is 4.59. The Morgan fingerprint density at radius 1 is 0.966 bits per heavy atom. The van der Waals surface area contributed by atoms with E-state index in [1.54, 1.807) is 24.1 Å². The molecular formula is C24H24FNO3. The van der Waals surface area contributed by atoms with E-state index in [1.165, 1.54) is 12.1 Å². The topological polar surface area (TPSA) is 49.8 Å². The van der Waals surface area contributed by atoms with Gasteiger partial charge in [-0.1, -0.05) is 48.5 Å². The highest BCUT2D eigenvalue weighted by atomic mass is 19.1. The van der Waals surface area contributed by atoms with Gasteiger partial charge in [0.1, 0.15) is 11.6 Å². The zero-order valence-electron chi connectivity index (χ0n) is 16.3. The van der Waals surface area contributed by atoms with Crippen molar-refractivity contribution in [3.8, 4) is 28.0 Å². The van der Waals surface area contributed by atoms with Crippen molar-refractivity contribution in [2.75, 3.05) is 26.7 Å². The second kappa shape index (κ2) is 9.85. The van der Waals surface area contributed by atoms with Crippen LogP contribution in [-0.4, -0.2) is 42.7 Å². The monoisotopic (exact) mass is 393 g/mol. The normalized spacial score (nSPS) is 10.9. The SMILES string of the molecule is CN(CCCOc1ccc(-c2ccccc2)c(-c2ccc(F)cc2)c1)CC(=O)O. The van der Waals surface area contributed by atoms with Gasteiger partial charge < -0.3 is 9.84 Å². The lowest BCUT2D eigenvalue weighted by Crippen LogP contribution is -2.27. The number of carbonyl (C=O) groups is 1. The predicted octanol–water partition coefficient (Wildman–Crippen LogP) is 4.95. The van der Waals surface area contributed by atoms with E-state index >= 15 is 0 Å². The van der Waals surface area contributed by atoms with E-state index in [-0.39, 0.29) is 12.4 Å². The van der Waals surface area contributed by atoms with E-state index in [0.717, 1.165) is 34.4 Å². The molecule has 0 atom stereocenters. The van der Waals surface area contributed by atoms with Crippen molar-refractivity contribution in [2.24, 2.45) is 0 Å². The van der Waals surface area contributed by atoms with Crippen LogP contribution in [0.5, 0.6) is 5.75 Å². The first kappa shape index (κ1) is 20.6. The van der Waals surface area contributed by atoms with Gasteiger partial charge in [0, 0.05) is 6.54 Å². The van der Waals surface area contributed by atoms with Crippen LogP contribution in [-0.2, 0) is 4.79 Å². The van der Waals surface area contributed by atoms with Crippen molar-refractivity contribution >= 4 is 5.97 Å². The summed E-state index contributed by atoms with van der Waals surface area (Å²) in [6.07, 6.45) is 0.718. The maximum atomic E-state index is 13.4. The van der Waals surface area contributed by atoms with Crippen LogP contribution in [0.4, 0.5) is 4.39 Å². The molecule has 29 heavy (non-hydrogen) atoms. The molecule has 0 radical (unpaired) electrons. The minimum Gasteiger partial charge on any atom is -0.494 e. The number of hydrogen-bond donors (Lipinski definition) is 1. The van der Waals surface area contributed by atoms with Gasteiger partial charge in [0.2, 0.25) is 0 Å². The molecule has 0 aliphatic heterocycles. The first-order valence-electron chi connectivity index (χ1n) is 9.51. The molecule has 0 fully saturated rings. The zero-order chi connectivity index (χ0) is 20.6. The summed E-state index contributed by atoms with van der Waals surface area (Å²) in [5.74, 6) is -0.383. The number of ether oxygens (including phenoxy) is 1. The fourth-order valence-corrected chi connectivity index (χ4v) is 3.19. The van der Waals surface area contributed by atoms with Gasteiger partial charge in [-0.05, 0) is 60.0 Å². The number of halogens is 1. The second-order valence-corrected chi connectivity index (χ2v) is 6.91. The van der Waals surface area contributed by atoms with Gasteiger partial charge in [-0.25, -0.2) is 4.39 Å². The zero-order valence-corrected chi connectivity index (χ0v) is 16.3. The molecule has 3 aromatic rings. The minimum absolute atomic E-state index is 0.0144. The summed E-state index contributed by atoms with van der Waals surface area (Å²) in [4.78, 5) is 12.5. The van der Waals surface area contributed by atoms with Crippen LogP contribution in [0.3, 0.4) is 0 Å². The molecule has 0 saturated heterocycles. The van der Waals surface area contributed by atoms with Crippen molar-refractivity contribution < 1.29 is 19.0 Å². The number of carboxylic acid groups (broad SMARTS) is 1. The minimum atomic E-state index is -0.839. The molecule has 5 heteroatoms. The van der Waals surface area contributed by atoms with Gasteiger partial charge in [0.05, 0.1) is 13.2 Å². The van der Waals surface area contributed by atoms with Crippen molar-refractivity contribution in [1.29, 1.82) is 0 Å². The number of hydrogen-bond acceptors (Lipinski definition) is 3. The lowest BCUT2D eigenvalue weighted by atomic mass is 9.94. The van der Waals surface area contributed by atoms with E-state index in [1.807, 2.05) is 48.5 Å². The highest BCUT2D eigenvalue weighted by Gasteiger charge is 2.10. The van der Waals surface area contributed by atoms with E-state index in [0.29, 0.717) is 13.2 Å².